The number of aromatic nitrogens is 2. The van der Waals surface area contributed by atoms with Gasteiger partial charge in [0.2, 0.25) is 0 Å². The predicted molar refractivity (Wildman–Crippen MR) is 107 cm³/mol. The third-order valence-electron chi connectivity index (χ3n) is 5.20. The molecule has 0 atom stereocenters. The van der Waals surface area contributed by atoms with Crippen LogP contribution in [0.15, 0.2) is 66.9 Å². The predicted octanol–water partition coefficient (Wildman–Crippen LogP) is 3.36. The summed E-state index contributed by atoms with van der Waals surface area (Å²) in [6.07, 6.45) is 3.83. The SMILES string of the molecule is CNC1CCN(C(=O)c2cn(-c3ccccc3)nc2-c2ccccc2)CC1. The molecule has 0 saturated carbocycles. The number of amides is 1. The Bertz CT molecular complexity index is 897. The summed E-state index contributed by atoms with van der Waals surface area (Å²) in [7, 11) is 1.99. The van der Waals surface area contributed by atoms with Crippen LogP contribution >= 0.6 is 0 Å². The summed E-state index contributed by atoms with van der Waals surface area (Å²) in [5.41, 5.74) is 3.30. The molecule has 5 heteroatoms. The molecular formula is C22H24N4O. The fourth-order valence-electron chi connectivity index (χ4n) is 3.59. The van der Waals surface area contributed by atoms with Gasteiger partial charge in [0.15, 0.2) is 0 Å². The van der Waals surface area contributed by atoms with E-state index in [1.807, 2.05) is 78.8 Å². The average Bonchev–Trinajstić information content (AvgIpc) is 3.20. The highest BCUT2D eigenvalue weighted by atomic mass is 16.2. The summed E-state index contributed by atoms with van der Waals surface area (Å²) >= 11 is 0. The normalized spacial score (nSPS) is 15.1. The molecular weight excluding hydrogens is 336 g/mol. The molecule has 3 aromatic rings. The van der Waals surface area contributed by atoms with Gasteiger partial charge in [-0.1, -0.05) is 48.5 Å². The number of carbonyl (C=O) groups excluding carboxylic acids is 1. The van der Waals surface area contributed by atoms with Crippen LogP contribution in [0.5, 0.6) is 0 Å². The highest BCUT2D eigenvalue weighted by Crippen LogP contribution is 2.26. The number of para-hydroxylation sites is 1. The quantitative estimate of drug-likeness (QED) is 0.776. The van der Waals surface area contributed by atoms with Crippen LogP contribution in [0.25, 0.3) is 16.9 Å². The molecule has 1 aliphatic rings. The second-order valence-electron chi connectivity index (χ2n) is 6.89. The third kappa shape index (κ3) is 3.64. The van der Waals surface area contributed by atoms with Gasteiger partial charge in [-0.2, -0.15) is 5.10 Å². The molecule has 0 aliphatic carbocycles. The molecule has 1 amide bonds. The van der Waals surface area contributed by atoms with Crippen LogP contribution in [-0.4, -0.2) is 46.8 Å². The average molecular weight is 360 g/mol. The number of nitrogens with zero attached hydrogens (tertiary/aromatic N) is 3. The van der Waals surface area contributed by atoms with Gasteiger partial charge in [0.1, 0.15) is 5.69 Å². The zero-order valence-electron chi connectivity index (χ0n) is 15.5. The van der Waals surface area contributed by atoms with Gasteiger partial charge in [0.25, 0.3) is 5.91 Å². The van der Waals surface area contributed by atoms with Crippen LogP contribution in [0.2, 0.25) is 0 Å². The van der Waals surface area contributed by atoms with E-state index in [0.717, 1.165) is 42.9 Å². The summed E-state index contributed by atoms with van der Waals surface area (Å²) in [5, 5.41) is 8.07. The fraction of sp³-hybridized carbons (Fsp3) is 0.273. The highest BCUT2D eigenvalue weighted by molar-refractivity contribution is 6.00. The van der Waals surface area contributed by atoms with Crippen LogP contribution in [0.3, 0.4) is 0 Å². The van der Waals surface area contributed by atoms with E-state index in [-0.39, 0.29) is 5.91 Å². The Labute approximate surface area is 159 Å². The van der Waals surface area contributed by atoms with Crippen LogP contribution < -0.4 is 5.32 Å². The number of hydrogen-bond acceptors (Lipinski definition) is 3. The molecule has 4 rings (SSSR count). The van der Waals surface area contributed by atoms with E-state index in [9.17, 15) is 4.79 Å². The Morgan fingerprint density at radius 2 is 1.63 bits per heavy atom. The fourth-order valence-corrected chi connectivity index (χ4v) is 3.59. The van der Waals surface area contributed by atoms with Crippen LogP contribution in [0, 0.1) is 0 Å². The van der Waals surface area contributed by atoms with Crippen molar-refractivity contribution >= 4 is 5.91 Å². The Morgan fingerprint density at radius 3 is 2.26 bits per heavy atom. The second-order valence-corrected chi connectivity index (χ2v) is 6.89. The van der Waals surface area contributed by atoms with Crippen molar-refractivity contribution < 1.29 is 4.79 Å². The van der Waals surface area contributed by atoms with Gasteiger partial charge in [-0.15, -0.1) is 0 Å². The molecule has 2 heterocycles. The number of hydrogen-bond donors (Lipinski definition) is 1. The van der Waals surface area contributed by atoms with Crippen molar-refractivity contribution in [2.75, 3.05) is 20.1 Å². The summed E-state index contributed by atoms with van der Waals surface area (Å²) in [6, 6.07) is 20.3. The Hall–Kier alpha value is -2.92. The van der Waals surface area contributed by atoms with Crippen molar-refractivity contribution in [3.63, 3.8) is 0 Å². The van der Waals surface area contributed by atoms with E-state index in [1.54, 1.807) is 4.68 Å². The maximum Gasteiger partial charge on any atom is 0.257 e. The van der Waals surface area contributed by atoms with Crippen molar-refractivity contribution in [3.05, 3.63) is 72.4 Å². The van der Waals surface area contributed by atoms with Crippen molar-refractivity contribution in [1.29, 1.82) is 0 Å². The maximum absolute atomic E-state index is 13.3. The number of piperidine rings is 1. The standard InChI is InChI=1S/C22H24N4O/c1-23-18-12-14-25(15-13-18)22(27)20-16-26(19-10-6-3-7-11-19)24-21(20)17-8-4-2-5-9-17/h2-11,16,18,23H,12-15H2,1H3. The maximum atomic E-state index is 13.3. The second kappa shape index (κ2) is 7.76. The lowest BCUT2D eigenvalue weighted by Crippen LogP contribution is -2.44. The zero-order chi connectivity index (χ0) is 18.6. The number of rotatable bonds is 4. The van der Waals surface area contributed by atoms with E-state index in [4.69, 9.17) is 5.10 Å². The smallest absolute Gasteiger partial charge is 0.257 e. The van der Waals surface area contributed by atoms with Gasteiger partial charge in [-0.05, 0) is 32.0 Å². The topological polar surface area (TPSA) is 50.2 Å². The number of benzene rings is 2. The first-order chi connectivity index (χ1) is 13.3. The first-order valence-electron chi connectivity index (χ1n) is 9.43. The van der Waals surface area contributed by atoms with Crippen LogP contribution in [-0.2, 0) is 0 Å². The highest BCUT2D eigenvalue weighted by Gasteiger charge is 2.26. The largest absolute Gasteiger partial charge is 0.338 e. The van der Waals surface area contributed by atoms with Gasteiger partial charge >= 0.3 is 0 Å². The lowest BCUT2D eigenvalue weighted by molar-refractivity contribution is 0.0708. The number of carbonyl (C=O) groups is 1. The minimum Gasteiger partial charge on any atom is -0.338 e. The molecule has 1 fully saturated rings. The van der Waals surface area contributed by atoms with Gasteiger partial charge in [0, 0.05) is 30.9 Å². The number of nitrogens with one attached hydrogen (secondary N) is 1. The van der Waals surface area contributed by atoms with E-state index in [1.165, 1.54) is 0 Å². The summed E-state index contributed by atoms with van der Waals surface area (Å²) in [6.45, 7) is 1.55. The summed E-state index contributed by atoms with van der Waals surface area (Å²) in [5.74, 6) is 0.0607. The molecule has 5 nitrogen and oxygen atoms in total. The molecule has 1 aliphatic heterocycles. The lowest BCUT2D eigenvalue weighted by atomic mass is 10.0. The van der Waals surface area contributed by atoms with E-state index in [0.29, 0.717) is 11.6 Å². The summed E-state index contributed by atoms with van der Waals surface area (Å²) in [4.78, 5) is 15.2. The van der Waals surface area contributed by atoms with E-state index in [2.05, 4.69) is 5.32 Å². The van der Waals surface area contributed by atoms with Crippen molar-refractivity contribution in [2.24, 2.45) is 0 Å². The Morgan fingerprint density at radius 1 is 1.00 bits per heavy atom. The van der Waals surface area contributed by atoms with Gasteiger partial charge < -0.3 is 10.2 Å². The minimum absolute atomic E-state index is 0.0607. The van der Waals surface area contributed by atoms with Crippen LogP contribution in [0.1, 0.15) is 23.2 Å². The molecule has 0 unspecified atom stereocenters. The molecule has 27 heavy (non-hydrogen) atoms. The molecule has 1 N–H and O–H groups in total. The molecule has 138 valence electrons. The molecule has 0 radical (unpaired) electrons. The number of likely N-dealkylation sites (tertiary alicyclic amines) is 1. The van der Waals surface area contributed by atoms with E-state index >= 15 is 0 Å². The molecule has 0 bridgehead atoms. The van der Waals surface area contributed by atoms with Crippen molar-refractivity contribution in [2.45, 2.75) is 18.9 Å². The summed E-state index contributed by atoms with van der Waals surface area (Å²) < 4.78 is 1.80. The lowest BCUT2D eigenvalue weighted by Gasteiger charge is -2.31. The van der Waals surface area contributed by atoms with Crippen LogP contribution in [0.4, 0.5) is 0 Å². The Balaban J connectivity index is 1.70. The van der Waals surface area contributed by atoms with Gasteiger partial charge in [0.05, 0.1) is 11.3 Å². The van der Waals surface area contributed by atoms with E-state index < -0.39 is 0 Å². The van der Waals surface area contributed by atoms with Gasteiger partial charge in [-0.25, -0.2) is 4.68 Å². The monoisotopic (exact) mass is 360 g/mol. The van der Waals surface area contributed by atoms with Crippen molar-refractivity contribution in [1.82, 2.24) is 20.0 Å². The third-order valence-corrected chi connectivity index (χ3v) is 5.20. The Kier molecular flexibility index (Phi) is 5.03. The first-order valence-corrected chi connectivity index (χ1v) is 9.43. The minimum atomic E-state index is 0.0607. The van der Waals surface area contributed by atoms with Crippen molar-refractivity contribution in [3.8, 4) is 16.9 Å². The zero-order valence-corrected chi connectivity index (χ0v) is 15.5. The first kappa shape index (κ1) is 17.5. The molecule has 1 aromatic heterocycles. The van der Waals surface area contributed by atoms with Gasteiger partial charge in [-0.3, -0.25) is 4.79 Å². The molecule has 2 aromatic carbocycles. The molecule has 0 spiro atoms. The molecule has 1 saturated heterocycles.